The average molecular weight is 415 g/mol. The molecule has 0 atom stereocenters. The molecule has 3 rings (SSSR count). The van der Waals surface area contributed by atoms with E-state index in [4.69, 9.17) is 16.3 Å². The van der Waals surface area contributed by atoms with Crippen LogP contribution in [0.3, 0.4) is 0 Å². The van der Waals surface area contributed by atoms with E-state index in [1.165, 1.54) is 16.9 Å². The van der Waals surface area contributed by atoms with Gasteiger partial charge in [-0.25, -0.2) is 4.98 Å². The summed E-state index contributed by atoms with van der Waals surface area (Å²) in [5.41, 5.74) is 4.16. The maximum atomic E-state index is 12.2. The molecule has 1 N–H and O–H groups in total. The molecular weight excluding hydrogens is 392 g/mol. The maximum absolute atomic E-state index is 12.2. The van der Waals surface area contributed by atoms with Crippen molar-refractivity contribution in [1.29, 1.82) is 0 Å². The van der Waals surface area contributed by atoms with Gasteiger partial charge in [0.05, 0.1) is 12.3 Å². The van der Waals surface area contributed by atoms with Crippen LogP contribution in [0, 0.1) is 20.8 Å². The number of halogens is 1. The first-order valence-electron chi connectivity index (χ1n) is 9.15. The molecule has 2 aromatic carbocycles. The molecular formula is C22H23ClN2O2S. The largest absolute Gasteiger partial charge is 0.494 e. The van der Waals surface area contributed by atoms with Gasteiger partial charge in [0.25, 0.3) is 0 Å². The Morgan fingerprint density at radius 2 is 1.89 bits per heavy atom. The first-order chi connectivity index (χ1) is 13.4. The first kappa shape index (κ1) is 20.4. The number of nitrogens with one attached hydrogen (secondary N) is 1. The molecule has 0 radical (unpaired) electrons. The highest BCUT2D eigenvalue weighted by molar-refractivity contribution is 7.16. The summed E-state index contributed by atoms with van der Waals surface area (Å²) in [5, 5.41) is 4.24. The van der Waals surface area contributed by atoms with Crippen molar-refractivity contribution in [3.05, 3.63) is 63.5 Å². The summed E-state index contributed by atoms with van der Waals surface area (Å²) in [5.74, 6) is 0.709. The molecule has 1 aromatic heterocycles. The molecule has 0 bridgehead atoms. The molecule has 28 heavy (non-hydrogen) atoms. The number of ether oxygens (including phenoxy) is 1. The van der Waals surface area contributed by atoms with Crippen LogP contribution in [0.15, 0.2) is 42.5 Å². The molecule has 0 saturated carbocycles. The minimum Gasteiger partial charge on any atom is -0.494 e. The van der Waals surface area contributed by atoms with Gasteiger partial charge in [-0.05, 0) is 51.0 Å². The predicted molar refractivity (Wildman–Crippen MR) is 117 cm³/mol. The summed E-state index contributed by atoms with van der Waals surface area (Å²) in [6, 6.07) is 13.8. The number of benzene rings is 2. The van der Waals surface area contributed by atoms with Gasteiger partial charge in [-0.3, -0.25) is 4.79 Å². The van der Waals surface area contributed by atoms with Gasteiger partial charge in [-0.15, -0.1) is 11.3 Å². The van der Waals surface area contributed by atoms with Crippen LogP contribution >= 0.6 is 22.9 Å². The minimum atomic E-state index is -0.0555. The highest BCUT2D eigenvalue weighted by atomic mass is 35.5. The number of aryl methyl sites for hydroxylation is 3. The highest BCUT2D eigenvalue weighted by Gasteiger charge is 2.12. The van der Waals surface area contributed by atoms with Crippen molar-refractivity contribution in [1.82, 2.24) is 4.98 Å². The van der Waals surface area contributed by atoms with Crippen molar-refractivity contribution in [2.24, 2.45) is 0 Å². The Morgan fingerprint density at radius 1 is 1.14 bits per heavy atom. The maximum Gasteiger partial charge on any atom is 0.226 e. The summed E-state index contributed by atoms with van der Waals surface area (Å²) < 4.78 is 5.68. The second-order valence-corrected chi connectivity index (χ2v) is 8.31. The number of thiazole rings is 1. The number of nitrogens with zero attached hydrogens (tertiary/aromatic N) is 1. The Bertz CT molecular complexity index is 967. The van der Waals surface area contributed by atoms with Crippen molar-refractivity contribution in [2.45, 2.75) is 33.6 Å². The zero-order chi connectivity index (χ0) is 20.1. The first-order valence-corrected chi connectivity index (χ1v) is 10.3. The number of amides is 1. The number of carbonyl (C=O) groups is 1. The molecule has 1 heterocycles. The summed E-state index contributed by atoms with van der Waals surface area (Å²) in [4.78, 5) is 17.9. The minimum absolute atomic E-state index is 0.0555. The van der Waals surface area contributed by atoms with Crippen LogP contribution in [0.25, 0.3) is 11.3 Å². The van der Waals surface area contributed by atoms with Gasteiger partial charge in [-0.2, -0.15) is 0 Å². The molecule has 146 valence electrons. The Labute approximate surface area is 174 Å². The van der Waals surface area contributed by atoms with Crippen molar-refractivity contribution in [2.75, 3.05) is 11.9 Å². The van der Waals surface area contributed by atoms with E-state index < -0.39 is 0 Å². The second kappa shape index (κ2) is 9.22. The number of aromatic nitrogens is 1. The zero-order valence-electron chi connectivity index (χ0n) is 16.2. The highest BCUT2D eigenvalue weighted by Crippen LogP contribution is 2.30. The van der Waals surface area contributed by atoms with E-state index in [2.05, 4.69) is 41.5 Å². The van der Waals surface area contributed by atoms with Gasteiger partial charge in [0.15, 0.2) is 5.13 Å². The number of rotatable bonds is 7. The van der Waals surface area contributed by atoms with Crippen LogP contribution in [-0.2, 0) is 4.79 Å². The third-order valence-electron chi connectivity index (χ3n) is 4.31. The lowest BCUT2D eigenvalue weighted by Crippen LogP contribution is -2.12. The van der Waals surface area contributed by atoms with Gasteiger partial charge in [0.2, 0.25) is 5.91 Å². The lowest BCUT2D eigenvalue weighted by molar-refractivity contribution is -0.116. The van der Waals surface area contributed by atoms with Gasteiger partial charge in [-0.1, -0.05) is 41.4 Å². The molecule has 0 aliphatic heterocycles. The second-order valence-electron chi connectivity index (χ2n) is 6.70. The fourth-order valence-corrected chi connectivity index (χ4v) is 3.71. The molecule has 3 aromatic rings. The fourth-order valence-electron chi connectivity index (χ4n) is 2.74. The van der Waals surface area contributed by atoms with Crippen LogP contribution in [0.1, 0.15) is 28.8 Å². The number of anilines is 1. The Balaban J connectivity index is 1.49. The monoisotopic (exact) mass is 414 g/mol. The zero-order valence-corrected chi connectivity index (χ0v) is 17.8. The summed E-state index contributed by atoms with van der Waals surface area (Å²) >= 11 is 7.50. The van der Waals surface area contributed by atoms with E-state index in [1.54, 1.807) is 0 Å². The molecule has 6 heteroatoms. The third-order valence-corrected chi connectivity index (χ3v) is 5.62. The third kappa shape index (κ3) is 5.33. The fraction of sp³-hybridized carbons (Fsp3) is 0.273. The average Bonchev–Trinajstić information content (AvgIpc) is 3.02. The molecule has 0 aliphatic rings. The van der Waals surface area contributed by atoms with E-state index in [0.29, 0.717) is 24.6 Å². The Kier molecular flexibility index (Phi) is 6.70. The predicted octanol–water partition coefficient (Wildman–Crippen LogP) is 6.19. The standard InChI is InChI=1S/C22H23ClN2O2S/c1-14-6-8-17(9-7-14)21-16(3)28-22(25-21)24-20(26)5-4-12-27-18-10-11-19(23)15(2)13-18/h6-11,13H,4-5,12H2,1-3H3,(H,24,25,26). The quantitative estimate of drug-likeness (QED) is 0.469. The summed E-state index contributed by atoms with van der Waals surface area (Å²) in [7, 11) is 0. The summed E-state index contributed by atoms with van der Waals surface area (Å²) in [6.07, 6.45) is 1.01. The van der Waals surface area contributed by atoms with Crippen molar-refractivity contribution < 1.29 is 9.53 Å². The normalized spacial score (nSPS) is 10.7. The van der Waals surface area contributed by atoms with Crippen LogP contribution in [-0.4, -0.2) is 17.5 Å². The van der Waals surface area contributed by atoms with E-state index in [0.717, 1.165) is 32.5 Å². The van der Waals surface area contributed by atoms with Crippen molar-refractivity contribution in [3.63, 3.8) is 0 Å². The lowest BCUT2D eigenvalue weighted by atomic mass is 10.1. The van der Waals surface area contributed by atoms with Crippen LogP contribution < -0.4 is 10.1 Å². The van der Waals surface area contributed by atoms with Crippen LogP contribution in [0.4, 0.5) is 5.13 Å². The topological polar surface area (TPSA) is 51.2 Å². The van der Waals surface area contributed by atoms with E-state index in [-0.39, 0.29) is 5.91 Å². The van der Waals surface area contributed by atoms with Crippen molar-refractivity contribution >= 4 is 34.0 Å². The lowest BCUT2D eigenvalue weighted by Gasteiger charge is -2.07. The van der Waals surface area contributed by atoms with E-state index in [1.807, 2.05) is 32.0 Å². The molecule has 1 amide bonds. The SMILES string of the molecule is Cc1ccc(-c2nc(NC(=O)CCCOc3ccc(Cl)c(C)c3)sc2C)cc1. The smallest absolute Gasteiger partial charge is 0.226 e. The number of carbonyl (C=O) groups excluding carboxylic acids is 1. The number of hydrogen-bond donors (Lipinski definition) is 1. The molecule has 0 unspecified atom stereocenters. The Morgan fingerprint density at radius 3 is 2.61 bits per heavy atom. The van der Waals surface area contributed by atoms with Gasteiger partial charge >= 0.3 is 0 Å². The molecule has 0 spiro atoms. The van der Waals surface area contributed by atoms with Crippen LogP contribution in [0.5, 0.6) is 5.75 Å². The molecule has 0 fully saturated rings. The van der Waals surface area contributed by atoms with Gasteiger partial charge < -0.3 is 10.1 Å². The molecule has 0 aliphatic carbocycles. The van der Waals surface area contributed by atoms with E-state index >= 15 is 0 Å². The summed E-state index contributed by atoms with van der Waals surface area (Å²) in [6.45, 7) is 6.48. The Hall–Kier alpha value is -2.37. The van der Waals surface area contributed by atoms with E-state index in [9.17, 15) is 4.79 Å². The van der Waals surface area contributed by atoms with Crippen molar-refractivity contribution in [3.8, 4) is 17.0 Å². The number of hydrogen-bond acceptors (Lipinski definition) is 4. The van der Waals surface area contributed by atoms with Crippen LogP contribution in [0.2, 0.25) is 5.02 Å². The van der Waals surface area contributed by atoms with Gasteiger partial charge in [0, 0.05) is 21.9 Å². The van der Waals surface area contributed by atoms with Gasteiger partial charge in [0.1, 0.15) is 5.75 Å². The molecule has 4 nitrogen and oxygen atoms in total. The molecule has 0 saturated heterocycles.